The molecule has 0 aliphatic carbocycles. The number of rotatable bonds is 5. The quantitative estimate of drug-likeness (QED) is 0.850. The number of aromatic hydroxyl groups is 1. The number of nitrogens with one attached hydrogen (secondary N) is 1. The van der Waals surface area contributed by atoms with Crippen LogP contribution < -0.4 is 5.32 Å². The van der Waals surface area contributed by atoms with E-state index in [1.165, 1.54) is 4.88 Å². The monoisotopic (exact) mass is 325 g/mol. The molecular weight excluding hydrogens is 310 g/mol. The van der Waals surface area contributed by atoms with E-state index in [0.717, 1.165) is 23.0 Å². The summed E-state index contributed by atoms with van der Waals surface area (Å²) in [5.41, 5.74) is 0.965. The second-order valence-electron chi connectivity index (χ2n) is 4.09. The molecule has 0 saturated heterocycles. The van der Waals surface area contributed by atoms with Gasteiger partial charge in [0.15, 0.2) is 0 Å². The molecule has 0 fully saturated rings. The van der Waals surface area contributed by atoms with Gasteiger partial charge in [0.2, 0.25) is 0 Å². The molecule has 2 N–H and O–H groups in total. The van der Waals surface area contributed by atoms with Gasteiger partial charge >= 0.3 is 0 Å². The lowest BCUT2D eigenvalue weighted by Gasteiger charge is -2.18. The normalized spacial score (nSPS) is 12.6. The van der Waals surface area contributed by atoms with E-state index in [2.05, 4.69) is 39.6 Å². The third-order valence-electron chi connectivity index (χ3n) is 2.92. The predicted molar refractivity (Wildman–Crippen MR) is 80.0 cm³/mol. The van der Waals surface area contributed by atoms with Crippen LogP contribution in [-0.4, -0.2) is 5.11 Å². The fraction of sp³-hybridized carbons (Fsp3) is 0.286. The minimum absolute atomic E-state index is 0.181. The Balaban J connectivity index is 2.07. The summed E-state index contributed by atoms with van der Waals surface area (Å²) >= 11 is 5.26. The number of phenolic OH excluding ortho intramolecular Hbond substituents is 1. The Kier molecular flexibility index (Phi) is 4.80. The number of para-hydroxylation sites is 1. The average molecular weight is 326 g/mol. The molecule has 0 radical (unpaired) electrons. The maximum atomic E-state index is 9.88. The van der Waals surface area contributed by atoms with Crippen LogP contribution in [0.5, 0.6) is 5.75 Å². The van der Waals surface area contributed by atoms with Gasteiger partial charge in [-0.2, -0.15) is 0 Å². The van der Waals surface area contributed by atoms with Crippen molar-refractivity contribution in [3.05, 3.63) is 50.6 Å². The standard InChI is InChI=1S/C14H16BrNOS/c1-2-12(10-5-3-4-6-13(10)17)16-9-14-11(15)7-8-18-14/h3-8,12,16-17H,2,9H2,1H3. The lowest BCUT2D eigenvalue weighted by molar-refractivity contribution is 0.441. The lowest BCUT2D eigenvalue weighted by Crippen LogP contribution is -2.20. The molecule has 4 heteroatoms. The molecule has 1 heterocycles. The van der Waals surface area contributed by atoms with Gasteiger partial charge in [-0.3, -0.25) is 0 Å². The molecule has 1 aromatic carbocycles. The predicted octanol–water partition coefficient (Wildman–Crippen LogP) is 4.46. The van der Waals surface area contributed by atoms with Gasteiger partial charge < -0.3 is 10.4 Å². The van der Waals surface area contributed by atoms with Gasteiger partial charge in [-0.1, -0.05) is 25.1 Å². The summed E-state index contributed by atoms with van der Waals surface area (Å²) in [4.78, 5) is 1.28. The van der Waals surface area contributed by atoms with Crippen molar-refractivity contribution in [1.82, 2.24) is 5.32 Å². The number of hydrogen-bond acceptors (Lipinski definition) is 3. The van der Waals surface area contributed by atoms with Crippen molar-refractivity contribution < 1.29 is 5.11 Å². The molecule has 0 spiro atoms. The molecule has 1 unspecified atom stereocenters. The Labute approximate surface area is 120 Å². The first kappa shape index (κ1) is 13.6. The molecule has 1 aromatic heterocycles. The highest BCUT2D eigenvalue weighted by molar-refractivity contribution is 9.10. The van der Waals surface area contributed by atoms with Crippen molar-refractivity contribution in [2.24, 2.45) is 0 Å². The first-order valence-corrected chi connectivity index (χ1v) is 7.62. The van der Waals surface area contributed by atoms with Crippen molar-refractivity contribution >= 4 is 27.3 Å². The molecule has 0 saturated carbocycles. The van der Waals surface area contributed by atoms with E-state index in [1.807, 2.05) is 18.2 Å². The Hall–Kier alpha value is -0.840. The number of halogens is 1. The molecule has 0 aliphatic heterocycles. The summed E-state index contributed by atoms with van der Waals surface area (Å²) in [7, 11) is 0. The summed E-state index contributed by atoms with van der Waals surface area (Å²) in [6, 6.07) is 9.76. The van der Waals surface area contributed by atoms with Gasteiger partial charge in [0.1, 0.15) is 5.75 Å². The number of phenols is 1. The fourth-order valence-corrected chi connectivity index (χ4v) is 3.37. The molecule has 18 heavy (non-hydrogen) atoms. The largest absolute Gasteiger partial charge is 0.508 e. The summed E-state index contributed by atoms with van der Waals surface area (Å²) in [6.45, 7) is 2.93. The van der Waals surface area contributed by atoms with E-state index < -0.39 is 0 Å². The zero-order valence-corrected chi connectivity index (χ0v) is 12.6. The summed E-state index contributed by atoms with van der Waals surface area (Å²) in [5, 5.41) is 15.4. The summed E-state index contributed by atoms with van der Waals surface area (Å²) < 4.78 is 1.15. The Morgan fingerprint density at radius 2 is 2.11 bits per heavy atom. The second-order valence-corrected chi connectivity index (χ2v) is 5.95. The third kappa shape index (κ3) is 3.13. The molecule has 2 rings (SSSR count). The van der Waals surface area contributed by atoms with Gasteiger partial charge in [0.05, 0.1) is 0 Å². The Morgan fingerprint density at radius 1 is 1.33 bits per heavy atom. The smallest absolute Gasteiger partial charge is 0.120 e. The van der Waals surface area contributed by atoms with E-state index in [-0.39, 0.29) is 6.04 Å². The number of thiophene rings is 1. The van der Waals surface area contributed by atoms with Crippen molar-refractivity contribution in [2.45, 2.75) is 25.9 Å². The van der Waals surface area contributed by atoms with E-state index in [1.54, 1.807) is 17.4 Å². The van der Waals surface area contributed by atoms with Crippen LogP contribution in [-0.2, 0) is 6.54 Å². The molecule has 96 valence electrons. The van der Waals surface area contributed by atoms with E-state index in [0.29, 0.717) is 5.75 Å². The SMILES string of the molecule is CCC(NCc1sccc1Br)c1ccccc1O. The highest BCUT2D eigenvalue weighted by Gasteiger charge is 2.13. The maximum Gasteiger partial charge on any atom is 0.120 e. The van der Waals surface area contributed by atoms with Gasteiger partial charge in [-0.15, -0.1) is 11.3 Å². The van der Waals surface area contributed by atoms with E-state index in [9.17, 15) is 5.11 Å². The van der Waals surface area contributed by atoms with Crippen molar-refractivity contribution in [2.75, 3.05) is 0 Å². The molecular formula is C14H16BrNOS. The minimum atomic E-state index is 0.181. The van der Waals surface area contributed by atoms with Crippen LogP contribution in [0.15, 0.2) is 40.2 Å². The topological polar surface area (TPSA) is 32.3 Å². The summed E-state index contributed by atoms with van der Waals surface area (Å²) in [6.07, 6.45) is 0.945. The minimum Gasteiger partial charge on any atom is -0.508 e. The molecule has 1 atom stereocenters. The summed E-state index contributed by atoms with van der Waals surface area (Å²) in [5.74, 6) is 0.363. The molecule has 0 bridgehead atoms. The lowest BCUT2D eigenvalue weighted by atomic mass is 10.0. The van der Waals surface area contributed by atoms with Gasteiger partial charge in [0.25, 0.3) is 0 Å². The first-order chi connectivity index (χ1) is 8.72. The Morgan fingerprint density at radius 3 is 2.72 bits per heavy atom. The van der Waals surface area contributed by atoms with Crippen LogP contribution in [0.2, 0.25) is 0 Å². The van der Waals surface area contributed by atoms with Crippen LogP contribution >= 0.6 is 27.3 Å². The van der Waals surface area contributed by atoms with Crippen molar-refractivity contribution in [3.63, 3.8) is 0 Å². The molecule has 2 aromatic rings. The number of benzene rings is 1. The van der Waals surface area contributed by atoms with Gasteiger partial charge in [-0.25, -0.2) is 0 Å². The van der Waals surface area contributed by atoms with Crippen LogP contribution in [0.3, 0.4) is 0 Å². The van der Waals surface area contributed by atoms with Crippen LogP contribution in [0, 0.1) is 0 Å². The third-order valence-corrected chi connectivity index (χ3v) is 4.85. The zero-order chi connectivity index (χ0) is 13.0. The van der Waals surface area contributed by atoms with Gasteiger partial charge in [-0.05, 0) is 39.9 Å². The van der Waals surface area contributed by atoms with Crippen LogP contribution in [0.4, 0.5) is 0 Å². The van der Waals surface area contributed by atoms with Crippen molar-refractivity contribution in [3.8, 4) is 5.75 Å². The van der Waals surface area contributed by atoms with E-state index in [4.69, 9.17) is 0 Å². The van der Waals surface area contributed by atoms with E-state index >= 15 is 0 Å². The van der Waals surface area contributed by atoms with Gasteiger partial charge in [0, 0.05) is 27.5 Å². The molecule has 2 nitrogen and oxygen atoms in total. The fourth-order valence-electron chi connectivity index (χ4n) is 1.92. The van der Waals surface area contributed by atoms with Crippen LogP contribution in [0.1, 0.15) is 29.8 Å². The molecule has 0 amide bonds. The maximum absolute atomic E-state index is 9.88. The zero-order valence-electron chi connectivity index (χ0n) is 10.2. The average Bonchev–Trinajstić information content (AvgIpc) is 2.78. The highest BCUT2D eigenvalue weighted by Crippen LogP contribution is 2.28. The molecule has 0 aliphatic rings. The second kappa shape index (κ2) is 6.36. The van der Waals surface area contributed by atoms with Crippen LogP contribution in [0.25, 0.3) is 0 Å². The number of hydrogen-bond donors (Lipinski definition) is 2. The Bertz CT molecular complexity index is 512. The first-order valence-electron chi connectivity index (χ1n) is 5.95. The highest BCUT2D eigenvalue weighted by atomic mass is 79.9. The van der Waals surface area contributed by atoms with Crippen molar-refractivity contribution in [1.29, 1.82) is 0 Å².